The normalized spacial score (nSPS) is 10.3. The second-order valence-electron chi connectivity index (χ2n) is 3.78. The average molecular weight is 311 g/mol. The lowest BCUT2D eigenvalue weighted by Gasteiger charge is -2.08. The molecule has 3 nitrogen and oxygen atoms in total. The zero-order valence-corrected chi connectivity index (χ0v) is 11.2. The Hall–Kier alpha value is -1.62. The fraction of sp³-hybridized carbons (Fsp3) is 0.154. The SMILES string of the molecule is O=C(NCCn1cccc1)c1cccc(F)c1Br. The Labute approximate surface area is 113 Å². The topological polar surface area (TPSA) is 34.0 Å². The van der Waals surface area contributed by atoms with Crippen LogP contribution in [0.15, 0.2) is 47.2 Å². The second-order valence-corrected chi connectivity index (χ2v) is 4.57. The molecular formula is C13H12BrFN2O. The number of benzene rings is 1. The van der Waals surface area contributed by atoms with Crippen LogP contribution >= 0.6 is 15.9 Å². The van der Waals surface area contributed by atoms with Crippen LogP contribution in [0.4, 0.5) is 4.39 Å². The van der Waals surface area contributed by atoms with Gasteiger partial charge in [0, 0.05) is 25.5 Å². The summed E-state index contributed by atoms with van der Waals surface area (Å²) in [6, 6.07) is 8.25. The Morgan fingerprint density at radius 3 is 2.72 bits per heavy atom. The third-order valence-corrected chi connectivity index (χ3v) is 3.32. The number of hydrogen-bond donors (Lipinski definition) is 1. The van der Waals surface area contributed by atoms with Crippen molar-refractivity contribution in [2.24, 2.45) is 0 Å². The largest absolute Gasteiger partial charge is 0.353 e. The molecule has 0 spiro atoms. The Kier molecular flexibility index (Phi) is 4.15. The van der Waals surface area contributed by atoms with E-state index < -0.39 is 5.82 Å². The molecule has 5 heteroatoms. The Morgan fingerprint density at radius 2 is 2.00 bits per heavy atom. The van der Waals surface area contributed by atoms with Crippen LogP contribution in [0.25, 0.3) is 0 Å². The van der Waals surface area contributed by atoms with Crippen molar-refractivity contribution in [3.8, 4) is 0 Å². The minimum absolute atomic E-state index is 0.198. The number of hydrogen-bond acceptors (Lipinski definition) is 1. The summed E-state index contributed by atoms with van der Waals surface area (Å²) in [7, 11) is 0. The van der Waals surface area contributed by atoms with Gasteiger partial charge in [-0.3, -0.25) is 4.79 Å². The molecule has 0 saturated carbocycles. The molecule has 0 aliphatic rings. The summed E-state index contributed by atoms with van der Waals surface area (Å²) in [5, 5.41) is 2.75. The zero-order valence-electron chi connectivity index (χ0n) is 9.57. The number of aromatic nitrogens is 1. The number of halogens is 2. The van der Waals surface area contributed by atoms with Crippen LogP contribution in [0.5, 0.6) is 0 Å². The lowest BCUT2D eigenvalue weighted by atomic mass is 10.2. The first-order valence-electron chi connectivity index (χ1n) is 5.51. The van der Waals surface area contributed by atoms with Crippen molar-refractivity contribution in [1.29, 1.82) is 0 Å². The van der Waals surface area contributed by atoms with E-state index in [1.165, 1.54) is 12.1 Å². The zero-order chi connectivity index (χ0) is 13.0. The molecule has 0 saturated heterocycles. The van der Waals surface area contributed by atoms with E-state index in [1.54, 1.807) is 6.07 Å². The van der Waals surface area contributed by atoms with Crippen molar-refractivity contribution in [2.75, 3.05) is 6.54 Å². The van der Waals surface area contributed by atoms with Crippen LogP contribution < -0.4 is 5.32 Å². The van der Waals surface area contributed by atoms with Gasteiger partial charge in [0.15, 0.2) is 0 Å². The van der Waals surface area contributed by atoms with E-state index in [0.29, 0.717) is 18.7 Å². The maximum absolute atomic E-state index is 13.3. The molecule has 2 rings (SSSR count). The molecule has 1 N–H and O–H groups in total. The van der Waals surface area contributed by atoms with Crippen LogP contribution in [0.2, 0.25) is 0 Å². The third kappa shape index (κ3) is 2.98. The van der Waals surface area contributed by atoms with Crippen molar-refractivity contribution in [1.82, 2.24) is 9.88 Å². The standard InChI is InChI=1S/C13H12BrFN2O/c14-12-10(4-3-5-11(12)15)13(18)16-6-9-17-7-1-2-8-17/h1-5,7-8H,6,9H2,(H,16,18). The first-order valence-corrected chi connectivity index (χ1v) is 6.31. The molecule has 1 aromatic heterocycles. The minimum Gasteiger partial charge on any atom is -0.353 e. The smallest absolute Gasteiger partial charge is 0.252 e. The van der Waals surface area contributed by atoms with E-state index in [9.17, 15) is 9.18 Å². The first kappa shape index (κ1) is 12.8. The number of nitrogens with one attached hydrogen (secondary N) is 1. The lowest BCUT2D eigenvalue weighted by Crippen LogP contribution is -2.27. The van der Waals surface area contributed by atoms with Gasteiger partial charge in [-0.25, -0.2) is 4.39 Å². The van der Waals surface area contributed by atoms with Crippen LogP contribution in [0.3, 0.4) is 0 Å². The van der Waals surface area contributed by atoms with E-state index >= 15 is 0 Å². The molecule has 0 bridgehead atoms. The van der Waals surface area contributed by atoms with Gasteiger partial charge in [-0.2, -0.15) is 0 Å². The highest BCUT2D eigenvalue weighted by Gasteiger charge is 2.12. The fourth-order valence-corrected chi connectivity index (χ4v) is 2.04. The summed E-state index contributed by atoms with van der Waals surface area (Å²) in [6.07, 6.45) is 3.84. The Morgan fingerprint density at radius 1 is 1.28 bits per heavy atom. The maximum atomic E-state index is 13.3. The second kappa shape index (κ2) is 5.82. The van der Waals surface area contributed by atoms with Gasteiger partial charge in [0.05, 0.1) is 10.0 Å². The molecule has 0 fully saturated rings. The number of carbonyl (C=O) groups excluding carboxylic acids is 1. The van der Waals surface area contributed by atoms with Gasteiger partial charge < -0.3 is 9.88 Å². The van der Waals surface area contributed by atoms with Crippen molar-refractivity contribution >= 4 is 21.8 Å². The molecule has 0 unspecified atom stereocenters. The van der Waals surface area contributed by atoms with Crippen LogP contribution in [-0.4, -0.2) is 17.0 Å². The number of rotatable bonds is 4. The third-order valence-electron chi connectivity index (χ3n) is 2.52. The maximum Gasteiger partial charge on any atom is 0.252 e. The molecular weight excluding hydrogens is 299 g/mol. The molecule has 0 aliphatic carbocycles. The van der Waals surface area contributed by atoms with Crippen LogP contribution in [0.1, 0.15) is 10.4 Å². The Balaban J connectivity index is 1.93. The molecule has 94 valence electrons. The molecule has 1 aromatic carbocycles. The lowest BCUT2D eigenvalue weighted by molar-refractivity contribution is 0.0951. The van der Waals surface area contributed by atoms with Gasteiger partial charge in [0.1, 0.15) is 5.82 Å². The Bertz CT molecular complexity index is 540. The average Bonchev–Trinajstić information content (AvgIpc) is 2.85. The summed E-state index contributed by atoms with van der Waals surface area (Å²) in [6.45, 7) is 1.18. The van der Waals surface area contributed by atoms with Gasteiger partial charge in [0.2, 0.25) is 0 Å². The summed E-state index contributed by atoms with van der Waals surface area (Å²) < 4.78 is 15.4. The number of amides is 1. The molecule has 0 radical (unpaired) electrons. The fourth-order valence-electron chi connectivity index (χ4n) is 1.59. The molecule has 18 heavy (non-hydrogen) atoms. The quantitative estimate of drug-likeness (QED) is 0.925. The molecule has 0 atom stereocenters. The molecule has 1 amide bonds. The van der Waals surface area contributed by atoms with E-state index in [2.05, 4.69) is 21.2 Å². The van der Waals surface area contributed by atoms with Gasteiger partial charge in [0.25, 0.3) is 5.91 Å². The van der Waals surface area contributed by atoms with E-state index in [0.717, 1.165) is 0 Å². The number of nitrogens with zero attached hydrogens (tertiary/aromatic N) is 1. The highest BCUT2D eigenvalue weighted by atomic mass is 79.9. The van der Waals surface area contributed by atoms with Crippen LogP contribution in [-0.2, 0) is 6.54 Å². The number of carbonyl (C=O) groups is 1. The van der Waals surface area contributed by atoms with Crippen LogP contribution in [0, 0.1) is 5.82 Å². The van der Waals surface area contributed by atoms with Gasteiger partial charge in [-0.1, -0.05) is 6.07 Å². The molecule has 1 heterocycles. The van der Waals surface area contributed by atoms with Crippen molar-refractivity contribution in [2.45, 2.75) is 6.54 Å². The van der Waals surface area contributed by atoms with E-state index in [4.69, 9.17) is 0 Å². The van der Waals surface area contributed by atoms with Gasteiger partial charge >= 0.3 is 0 Å². The predicted molar refractivity (Wildman–Crippen MR) is 70.9 cm³/mol. The van der Waals surface area contributed by atoms with Crippen molar-refractivity contribution < 1.29 is 9.18 Å². The predicted octanol–water partition coefficient (Wildman–Crippen LogP) is 2.82. The van der Waals surface area contributed by atoms with Crippen molar-refractivity contribution in [3.05, 3.63) is 58.6 Å². The summed E-state index contributed by atoms with van der Waals surface area (Å²) in [5.74, 6) is -0.721. The molecule has 2 aromatic rings. The minimum atomic E-state index is -0.437. The summed E-state index contributed by atoms with van der Waals surface area (Å²) in [5.41, 5.74) is 0.308. The summed E-state index contributed by atoms with van der Waals surface area (Å²) >= 11 is 3.07. The highest BCUT2D eigenvalue weighted by molar-refractivity contribution is 9.10. The summed E-state index contributed by atoms with van der Waals surface area (Å²) in [4.78, 5) is 11.8. The molecule has 0 aliphatic heterocycles. The highest BCUT2D eigenvalue weighted by Crippen LogP contribution is 2.20. The monoisotopic (exact) mass is 310 g/mol. The van der Waals surface area contributed by atoms with Gasteiger partial charge in [-0.15, -0.1) is 0 Å². The van der Waals surface area contributed by atoms with Crippen molar-refractivity contribution in [3.63, 3.8) is 0 Å². The van der Waals surface area contributed by atoms with E-state index in [-0.39, 0.29) is 10.4 Å². The van der Waals surface area contributed by atoms with Gasteiger partial charge in [-0.05, 0) is 40.2 Å². The van der Waals surface area contributed by atoms with E-state index in [1.807, 2.05) is 29.1 Å². The first-order chi connectivity index (χ1) is 8.68.